The van der Waals surface area contributed by atoms with Crippen LogP contribution in [0.25, 0.3) is 0 Å². The Labute approximate surface area is 106 Å². The van der Waals surface area contributed by atoms with E-state index in [0.717, 1.165) is 50.9 Å². The van der Waals surface area contributed by atoms with Gasteiger partial charge < -0.3 is 5.11 Å². The molecule has 1 aliphatic rings. The van der Waals surface area contributed by atoms with Gasteiger partial charge in [-0.3, -0.25) is 4.79 Å². The Morgan fingerprint density at radius 1 is 1.35 bits per heavy atom. The summed E-state index contributed by atoms with van der Waals surface area (Å²) in [5, 5.41) is 9.51. The second-order valence-corrected chi connectivity index (χ2v) is 6.22. The highest BCUT2D eigenvalue weighted by atomic mass is 16.4. The minimum absolute atomic E-state index is 0.388. The van der Waals surface area contributed by atoms with Gasteiger partial charge in [-0.1, -0.05) is 40.0 Å². The van der Waals surface area contributed by atoms with Gasteiger partial charge in [0.15, 0.2) is 0 Å². The molecule has 0 atom stereocenters. The number of hydrogen-bond donors (Lipinski definition) is 1. The number of carboxylic acid groups (broad SMARTS) is 1. The quantitative estimate of drug-likeness (QED) is 0.743. The summed E-state index contributed by atoms with van der Waals surface area (Å²) in [6, 6.07) is 0. The molecular formula is C15H28O2. The van der Waals surface area contributed by atoms with E-state index in [-0.39, 0.29) is 5.41 Å². The van der Waals surface area contributed by atoms with Gasteiger partial charge >= 0.3 is 5.97 Å². The van der Waals surface area contributed by atoms with E-state index in [2.05, 4.69) is 20.8 Å². The third-order valence-corrected chi connectivity index (χ3v) is 4.53. The van der Waals surface area contributed by atoms with Crippen LogP contribution in [0.2, 0.25) is 0 Å². The molecule has 1 fully saturated rings. The Morgan fingerprint density at radius 3 is 2.35 bits per heavy atom. The van der Waals surface area contributed by atoms with Gasteiger partial charge in [0.05, 0.1) is 5.41 Å². The maximum Gasteiger partial charge on any atom is 0.309 e. The van der Waals surface area contributed by atoms with Gasteiger partial charge in [0.25, 0.3) is 0 Å². The average molecular weight is 240 g/mol. The lowest BCUT2D eigenvalue weighted by Crippen LogP contribution is -2.35. The number of hydrogen-bond acceptors (Lipinski definition) is 1. The molecule has 0 aromatic heterocycles. The van der Waals surface area contributed by atoms with Crippen molar-refractivity contribution in [3.63, 3.8) is 0 Å². The van der Waals surface area contributed by atoms with Crippen molar-refractivity contribution in [1.29, 1.82) is 0 Å². The highest BCUT2D eigenvalue weighted by molar-refractivity contribution is 5.74. The first kappa shape index (κ1) is 14.5. The highest BCUT2D eigenvalue weighted by Crippen LogP contribution is 2.44. The van der Waals surface area contributed by atoms with E-state index in [1.165, 1.54) is 6.42 Å². The molecule has 1 aliphatic carbocycles. The standard InChI is InChI=1S/C15H28O2/c1-4-13-7-10-15(11-8-13,14(16)17)9-5-6-12(2)3/h12-13H,4-11H2,1-3H3,(H,16,17). The summed E-state index contributed by atoms with van der Waals surface area (Å²) in [6.07, 6.45) is 8.36. The highest BCUT2D eigenvalue weighted by Gasteiger charge is 2.40. The first-order valence-corrected chi connectivity index (χ1v) is 7.23. The summed E-state index contributed by atoms with van der Waals surface area (Å²) < 4.78 is 0. The lowest BCUT2D eigenvalue weighted by Gasteiger charge is -2.36. The molecule has 17 heavy (non-hydrogen) atoms. The van der Waals surface area contributed by atoms with Crippen LogP contribution in [-0.2, 0) is 4.79 Å². The molecule has 0 radical (unpaired) electrons. The molecule has 0 aromatic carbocycles. The Balaban J connectivity index is 2.50. The molecule has 1 saturated carbocycles. The summed E-state index contributed by atoms with van der Waals surface area (Å²) in [5.41, 5.74) is -0.388. The van der Waals surface area contributed by atoms with E-state index in [4.69, 9.17) is 0 Å². The molecule has 0 heterocycles. The van der Waals surface area contributed by atoms with E-state index < -0.39 is 5.97 Å². The SMILES string of the molecule is CCC1CCC(CCCC(C)C)(C(=O)O)CC1. The number of aliphatic carboxylic acids is 1. The van der Waals surface area contributed by atoms with Crippen molar-refractivity contribution in [3.05, 3.63) is 0 Å². The Morgan fingerprint density at radius 2 is 1.94 bits per heavy atom. The lowest BCUT2D eigenvalue weighted by molar-refractivity contribution is -0.152. The lowest BCUT2D eigenvalue weighted by atomic mass is 9.67. The van der Waals surface area contributed by atoms with Crippen LogP contribution in [0.3, 0.4) is 0 Å². The van der Waals surface area contributed by atoms with Crippen molar-refractivity contribution < 1.29 is 9.90 Å². The summed E-state index contributed by atoms with van der Waals surface area (Å²) in [5.74, 6) is 0.913. The summed E-state index contributed by atoms with van der Waals surface area (Å²) >= 11 is 0. The second-order valence-electron chi connectivity index (χ2n) is 6.22. The molecule has 0 aliphatic heterocycles. The van der Waals surface area contributed by atoms with Gasteiger partial charge in [-0.2, -0.15) is 0 Å². The Hall–Kier alpha value is -0.530. The zero-order valence-electron chi connectivity index (χ0n) is 11.7. The molecule has 2 nitrogen and oxygen atoms in total. The molecule has 0 spiro atoms. The second kappa shape index (κ2) is 6.42. The van der Waals surface area contributed by atoms with Crippen molar-refractivity contribution in [1.82, 2.24) is 0 Å². The van der Waals surface area contributed by atoms with Crippen molar-refractivity contribution >= 4 is 5.97 Å². The minimum Gasteiger partial charge on any atom is -0.481 e. The molecule has 0 amide bonds. The maximum absolute atomic E-state index is 11.5. The van der Waals surface area contributed by atoms with E-state index in [0.29, 0.717) is 5.92 Å². The molecule has 0 unspecified atom stereocenters. The van der Waals surface area contributed by atoms with E-state index >= 15 is 0 Å². The first-order chi connectivity index (χ1) is 8.00. The van der Waals surface area contributed by atoms with Crippen LogP contribution >= 0.6 is 0 Å². The fraction of sp³-hybridized carbons (Fsp3) is 0.933. The van der Waals surface area contributed by atoms with E-state index in [1.54, 1.807) is 0 Å². The fourth-order valence-corrected chi connectivity index (χ4v) is 3.06. The Bertz CT molecular complexity index is 237. The molecule has 2 heteroatoms. The molecule has 0 aromatic rings. The van der Waals surface area contributed by atoms with Gasteiger partial charge in [-0.05, 0) is 43.9 Å². The summed E-state index contributed by atoms with van der Waals surface area (Å²) in [4.78, 5) is 11.5. The third kappa shape index (κ3) is 4.01. The molecule has 1 N–H and O–H groups in total. The molecule has 0 bridgehead atoms. The van der Waals surface area contributed by atoms with Crippen molar-refractivity contribution in [3.8, 4) is 0 Å². The van der Waals surface area contributed by atoms with E-state index in [9.17, 15) is 9.90 Å². The van der Waals surface area contributed by atoms with Crippen LogP contribution in [0, 0.1) is 17.3 Å². The normalized spacial score (nSPS) is 29.5. The summed E-state index contributed by atoms with van der Waals surface area (Å²) in [6.45, 7) is 6.64. The van der Waals surface area contributed by atoms with E-state index in [1.807, 2.05) is 0 Å². The number of rotatable bonds is 6. The largest absolute Gasteiger partial charge is 0.481 e. The minimum atomic E-state index is -0.546. The van der Waals surface area contributed by atoms with Crippen molar-refractivity contribution in [2.24, 2.45) is 17.3 Å². The number of carboxylic acids is 1. The van der Waals surface area contributed by atoms with Crippen molar-refractivity contribution in [2.75, 3.05) is 0 Å². The smallest absolute Gasteiger partial charge is 0.309 e. The van der Waals surface area contributed by atoms with Crippen LogP contribution in [0.15, 0.2) is 0 Å². The fourth-order valence-electron chi connectivity index (χ4n) is 3.06. The molecule has 0 saturated heterocycles. The number of carbonyl (C=O) groups is 1. The predicted molar refractivity (Wildman–Crippen MR) is 71.0 cm³/mol. The van der Waals surface area contributed by atoms with Gasteiger partial charge in [0.2, 0.25) is 0 Å². The van der Waals surface area contributed by atoms with Crippen LogP contribution < -0.4 is 0 Å². The first-order valence-electron chi connectivity index (χ1n) is 7.23. The predicted octanol–water partition coefficient (Wildman–Crippen LogP) is 4.48. The van der Waals surface area contributed by atoms with Gasteiger partial charge in [-0.15, -0.1) is 0 Å². The van der Waals surface area contributed by atoms with Gasteiger partial charge in [0, 0.05) is 0 Å². The molecular weight excluding hydrogens is 212 g/mol. The summed E-state index contributed by atoms with van der Waals surface area (Å²) in [7, 11) is 0. The third-order valence-electron chi connectivity index (χ3n) is 4.53. The molecule has 1 rings (SSSR count). The topological polar surface area (TPSA) is 37.3 Å². The average Bonchev–Trinajstić information content (AvgIpc) is 2.29. The van der Waals surface area contributed by atoms with Crippen LogP contribution in [0.4, 0.5) is 0 Å². The van der Waals surface area contributed by atoms with Crippen molar-refractivity contribution in [2.45, 2.75) is 72.1 Å². The molecule has 100 valence electrons. The van der Waals surface area contributed by atoms with Crippen LogP contribution in [-0.4, -0.2) is 11.1 Å². The van der Waals surface area contributed by atoms with Crippen LogP contribution in [0.1, 0.15) is 72.1 Å². The zero-order chi connectivity index (χ0) is 12.9. The van der Waals surface area contributed by atoms with Crippen LogP contribution in [0.5, 0.6) is 0 Å². The maximum atomic E-state index is 11.5. The van der Waals surface area contributed by atoms with Gasteiger partial charge in [0.1, 0.15) is 0 Å². The monoisotopic (exact) mass is 240 g/mol. The van der Waals surface area contributed by atoms with Gasteiger partial charge in [-0.25, -0.2) is 0 Å². The Kier molecular flexibility index (Phi) is 5.48. The zero-order valence-corrected chi connectivity index (χ0v) is 11.7.